The van der Waals surface area contributed by atoms with Gasteiger partial charge in [0, 0.05) is 19.6 Å². The molecule has 0 N–H and O–H groups in total. The molecule has 0 spiro atoms. The fourth-order valence-electron chi connectivity index (χ4n) is 0.618. The average molecular weight is 157 g/mol. The maximum Gasteiger partial charge on any atom is 0.0700 e. The van der Waals surface area contributed by atoms with E-state index in [-0.39, 0.29) is 0 Å². The SMILES string of the molecule is CCOCCOCCCC#N. The van der Waals surface area contributed by atoms with Gasteiger partial charge in [-0.1, -0.05) is 0 Å². The van der Waals surface area contributed by atoms with Gasteiger partial charge in [-0.15, -0.1) is 0 Å². The Morgan fingerprint density at radius 2 is 1.91 bits per heavy atom. The van der Waals surface area contributed by atoms with E-state index >= 15 is 0 Å². The van der Waals surface area contributed by atoms with E-state index in [1.165, 1.54) is 0 Å². The molecule has 0 saturated heterocycles. The number of unbranched alkanes of at least 4 members (excludes halogenated alkanes) is 1. The highest BCUT2D eigenvalue weighted by molar-refractivity contribution is 4.67. The van der Waals surface area contributed by atoms with Crippen LogP contribution in [0.5, 0.6) is 0 Å². The zero-order valence-electron chi connectivity index (χ0n) is 7.01. The second-order valence-corrected chi connectivity index (χ2v) is 2.07. The highest BCUT2D eigenvalue weighted by Crippen LogP contribution is 1.87. The van der Waals surface area contributed by atoms with Crippen molar-refractivity contribution in [1.29, 1.82) is 5.26 Å². The van der Waals surface area contributed by atoms with E-state index in [1.54, 1.807) is 0 Å². The summed E-state index contributed by atoms with van der Waals surface area (Å²) >= 11 is 0. The van der Waals surface area contributed by atoms with Gasteiger partial charge in [0.05, 0.1) is 19.3 Å². The van der Waals surface area contributed by atoms with Gasteiger partial charge in [-0.05, 0) is 13.3 Å². The second kappa shape index (κ2) is 9.41. The third-order valence-corrected chi connectivity index (χ3v) is 1.15. The molecule has 0 radical (unpaired) electrons. The van der Waals surface area contributed by atoms with Crippen LogP contribution in [0.25, 0.3) is 0 Å². The van der Waals surface area contributed by atoms with Crippen molar-refractivity contribution in [2.75, 3.05) is 26.4 Å². The molecular formula is C8H15NO2. The molecule has 0 fully saturated rings. The van der Waals surface area contributed by atoms with Crippen molar-refractivity contribution in [3.8, 4) is 6.07 Å². The summed E-state index contributed by atoms with van der Waals surface area (Å²) in [5, 5.41) is 8.18. The molecule has 3 nitrogen and oxygen atoms in total. The van der Waals surface area contributed by atoms with Crippen LogP contribution in [0, 0.1) is 11.3 Å². The lowest BCUT2D eigenvalue weighted by Gasteiger charge is -2.01. The van der Waals surface area contributed by atoms with Crippen LogP contribution in [0.3, 0.4) is 0 Å². The predicted octanol–water partition coefficient (Wildman–Crippen LogP) is 1.34. The summed E-state index contributed by atoms with van der Waals surface area (Å²) in [6.07, 6.45) is 1.40. The quantitative estimate of drug-likeness (QED) is 0.524. The van der Waals surface area contributed by atoms with E-state index in [1.807, 2.05) is 6.92 Å². The van der Waals surface area contributed by atoms with Crippen molar-refractivity contribution in [2.45, 2.75) is 19.8 Å². The normalized spacial score (nSPS) is 9.45. The minimum atomic E-state index is 0.578. The Balaban J connectivity index is 2.75. The van der Waals surface area contributed by atoms with Crippen LogP contribution in [0.15, 0.2) is 0 Å². The molecule has 0 bridgehead atoms. The number of rotatable bonds is 7. The van der Waals surface area contributed by atoms with Gasteiger partial charge >= 0.3 is 0 Å². The molecule has 0 aliphatic carbocycles. The highest BCUT2D eigenvalue weighted by Gasteiger charge is 1.87. The largest absolute Gasteiger partial charge is 0.379 e. The zero-order chi connectivity index (χ0) is 8.36. The summed E-state index contributed by atoms with van der Waals surface area (Å²) in [4.78, 5) is 0. The van der Waals surface area contributed by atoms with Crippen LogP contribution < -0.4 is 0 Å². The van der Waals surface area contributed by atoms with E-state index < -0.39 is 0 Å². The van der Waals surface area contributed by atoms with Crippen LogP contribution in [0.2, 0.25) is 0 Å². The molecule has 0 saturated carbocycles. The third kappa shape index (κ3) is 9.41. The smallest absolute Gasteiger partial charge is 0.0700 e. The van der Waals surface area contributed by atoms with E-state index in [0.29, 0.717) is 26.2 Å². The maximum atomic E-state index is 8.18. The molecule has 0 rings (SSSR count). The lowest BCUT2D eigenvalue weighted by molar-refractivity contribution is 0.0523. The van der Waals surface area contributed by atoms with Crippen molar-refractivity contribution in [1.82, 2.24) is 0 Å². The van der Waals surface area contributed by atoms with Crippen molar-refractivity contribution < 1.29 is 9.47 Å². The van der Waals surface area contributed by atoms with Crippen molar-refractivity contribution >= 4 is 0 Å². The van der Waals surface area contributed by atoms with Crippen LogP contribution >= 0.6 is 0 Å². The average Bonchev–Trinajstić information content (AvgIpc) is 2.03. The molecule has 0 atom stereocenters. The predicted molar refractivity (Wildman–Crippen MR) is 42.2 cm³/mol. The zero-order valence-corrected chi connectivity index (χ0v) is 7.01. The molecule has 3 heteroatoms. The number of nitrogens with zero attached hydrogens (tertiary/aromatic N) is 1. The topological polar surface area (TPSA) is 42.2 Å². The lowest BCUT2D eigenvalue weighted by Crippen LogP contribution is -2.04. The molecule has 0 aliphatic rings. The lowest BCUT2D eigenvalue weighted by atomic mass is 10.3. The van der Waals surface area contributed by atoms with Crippen molar-refractivity contribution in [3.63, 3.8) is 0 Å². The highest BCUT2D eigenvalue weighted by atomic mass is 16.5. The van der Waals surface area contributed by atoms with Gasteiger partial charge in [-0.2, -0.15) is 5.26 Å². The summed E-state index contributed by atoms with van der Waals surface area (Å²) in [5.74, 6) is 0. The minimum Gasteiger partial charge on any atom is -0.379 e. The van der Waals surface area contributed by atoms with Crippen LogP contribution in [0.4, 0.5) is 0 Å². The number of hydrogen-bond acceptors (Lipinski definition) is 3. The Labute approximate surface area is 67.9 Å². The standard InChI is InChI=1S/C8H15NO2/c1-2-10-7-8-11-6-4-3-5-9/h2-4,6-8H2,1H3. The van der Waals surface area contributed by atoms with Gasteiger partial charge in [0.2, 0.25) is 0 Å². The molecule has 0 aromatic heterocycles. The second-order valence-electron chi connectivity index (χ2n) is 2.07. The van der Waals surface area contributed by atoms with Gasteiger partial charge in [0.15, 0.2) is 0 Å². The van der Waals surface area contributed by atoms with Gasteiger partial charge in [-0.3, -0.25) is 0 Å². The van der Waals surface area contributed by atoms with Crippen LogP contribution in [-0.4, -0.2) is 26.4 Å². The molecule has 0 heterocycles. The Morgan fingerprint density at radius 3 is 2.55 bits per heavy atom. The van der Waals surface area contributed by atoms with Gasteiger partial charge < -0.3 is 9.47 Å². The molecule has 0 aliphatic heterocycles. The Morgan fingerprint density at radius 1 is 1.18 bits per heavy atom. The van der Waals surface area contributed by atoms with Gasteiger partial charge in [-0.25, -0.2) is 0 Å². The summed E-state index contributed by atoms with van der Waals surface area (Å²) in [6.45, 7) is 4.65. The Hall–Kier alpha value is -0.590. The summed E-state index contributed by atoms with van der Waals surface area (Å²) in [6, 6.07) is 2.06. The molecular weight excluding hydrogens is 142 g/mol. The van der Waals surface area contributed by atoms with E-state index in [2.05, 4.69) is 6.07 Å². The van der Waals surface area contributed by atoms with Crippen LogP contribution in [-0.2, 0) is 9.47 Å². The monoisotopic (exact) mass is 157 g/mol. The first-order valence-corrected chi connectivity index (χ1v) is 3.94. The first kappa shape index (κ1) is 10.4. The van der Waals surface area contributed by atoms with E-state index in [4.69, 9.17) is 14.7 Å². The van der Waals surface area contributed by atoms with Gasteiger partial charge in [0.1, 0.15) is 0 Å². The number of hydrogen-bond donors (Lipinski definition) is 0. The minimum absolute atomic E-state index is 0.578. The summed E-state index contributed by atoms with van der Waals surface area (Å²) in [5.41, 5.74) is 0. The number of nitriles is 1. The number of ether oxygens (including phenoxy) is 2. The summed E-state index contributed by atoms with van der Waals surface area (Å²) < 4.78 is 10.2. The fourth-order valence-corrected chi connectivity index (χ4v) is 0.618. The van der Waals surface area contributed by atoms with E-state index in [9.17, 15) is 0 Å². The Kier molecular flexibility index (Phi) is 8.91. The first-order chi connectivity index (χ1) is 5.41. The summed E-state index contributed by atoms with van der Waals surface area (Å²) in [7, 11) is 0. The fraction of sp³-hybridized carbons (Fsp3) is 0.875. The van der Waals surface area contributed by atoms with Crippen molar-refractivity contribution in [2.24, 2.45) is 0 Å². The first-order valence-electron chi connectivity index (χ1n) is 3.94. The maximum absolute atomic E-state index is 8.18. The molecule has 0 aromatic carbocycles. The molecule has 0 aromatic rings. The molecule has 0 amide bonds. The molecule has 0 unspecified atom stereocenters. The van der Waals surface area contributed by atoms with Crippen molar-refractivity contribution in [3.05, 3.63) is 0 Å². The molecule has 11 heavy (non-hydrogen) atoms. The van der Waals surface area contributed by atoms with Gasteiger partial charge in [0.25, 0.3) is 0 Å². The van der Waals surface area contributed by atoms with E-state index in [0.717, 1.165) is 13.0 Å². The Bertz CT molecular complexity index is 109. The molecule has 64 valence electrons. The van der Waals surface area contributed by atoms with Crippen LogP contribution in [0.1, 0.15) is 19.8 Å². The third-order valence-electron chi connectivity index (χ3n) is 1.15.